The van der Waals surface area contributed by atoms with Gasteiger partial charge in [-0.2, -0.15) is 5.10 Å². The minimum atomic E-state index is -3.65. The topological polar surface area (TPSA) is 64.0 Å². The molecule has 2 aromatic carbocycles. The summed E-state index contributed by atoms with van der Waals surface area (Å²) in [4.78, 5) is 0.371. The lowest BCUT2D eigenvalue weighted by molar-refractivity contribution is 0.599. The average Bonchev–Trinajstić information content (AvgIpc) is 3.07. The molecule has 5 nitrogen and oxygen atoms in total. The van der Waals surface area contributed by atoms with E-state index in [1.807, 2.05) is 62.8 Å². The summed E-state index contributed by atoms with van der Waals surface area (Å²) < 4.78 is 30.5. The molecule has 0 bridgehead atoms. The molecule has 0 fully saturated rings. The lowest BCUT2D eigenvalue weighted by atomic mass is 10.0. The van der Waals surface area contributed by atoms with E-state index in [1.165, 1.54) is 0 Å². The highest BCUT2D eigenvalue weighted by Crippen LogP contribution is 2.28. The fourth-order valence-electron chi connectivity index (χ4n) is 3.05. The Hall–Kier alpha value is -2.60. The Morgan fingerprint density at radius 2 is 1.62 bits per heavy atom. The van der Waals surface area contributed by atoms with Crippen molar-refractivity contribution >= 4 is 15.7 Å². The van der Waals surface area contributed by atoms with Crippen LogP contribution >= 0.6 is 0 Å². The van der Waals surface area contributed by atoms with Gasteiger partial charge in [0.25, 0.3) is 10.0 Å². The molecule has 0 aliphatic heterocycles. The van der Waals surface area contributed by atoms with Gasteiger partial charge in [0.2, 0.25) is 0 Å². The van der Waals surface area contributed by atoms with Crippen molar-refractivity contribution in [3.8, 4) is 0 Å². The van der Waals surface area contributed by atoms with Crippen molar-refractivity contribution in [2.45, 2.75) is 39.1 Å². The Kier molecular flexibility index (Phi) is 4.87. The number of aryl methyl sites for hydroxylation is 2. The number of nitrogens with one attached hydrogen (secondary N) is 1. The van der Waals surface area contributed by atoms with Crippen LogP contribution in [0.15, 0.2) is 53.7 Å². The summed E-state index contributed by atoms with van der Waals surface area (Å²) in [5.74, 6) is 0. The maximum Gasteiger partial charge on any atom is 0.262 e. The quantitative estimate of drug-likeness (QED) is 0.740. The molecule has 0 saturated heterocycles. The number of aromatic nitrogens is 2. The second-order valence-corrected chi connectivity index (χ2v) is 8.21. The molecule has 1 heterocycles. The number of hydrogen-bond acceptors (Lipinski definition) is 3. The predicted octanol–water partition coefficient (Wildman–Crippen LogP) is 3.97. The summed E-state index contributed by atoms with van der Waals surface area (Å²) in [6.45, 7) is 8.22. The maximum atomic E-state index is 13.0. The minimum Gasteiger partial charge on any atom is -0.280 e. The van der Waals surface area contributed by atoms with E-state index in [1.54, 1.807) is 18.3 Å². The van der Waals surface area contributed by atoms with Crippen LogP contribution in [0.3, 0.4) is 0 Å². The first-order valence-electron chi connectivity index (χ1n) is 8.44. The molecule has 0 saturated carbocycles. The van der Waals surface area contributed by atoms with Crippen LogP contribution in [0.1, 0.15) is 27.8 Å². The summed E-state index contributed by atoms with van der Waals surface area (Å²) in [5.41, 5.74) is 5.13. The van der Waals surface area contributed by atoms with E-state index in [9.17, 15) is 8.42 Å². The van der Waals surface area contributed by atoms with E-state index in [2.05, 4.69) is 9.82 Å². The molecule has 3 aromatic rings. The number of sulfonamides is 1. The van der Waals surface area contributed by atoms with Gasteiger partial charge in [-0.05, 0) is 73.7 Å². The van der Waals surface area contributed by atoms with Crippen LogP contribution in [0.4, 0.5) is 5.69 Å². The number of nitrogens with zero attached hydrogens (tertiary/aromatic N) is 2. The first-order valence-corrected chi connectivity index (χ1v) is 9.93. The Morgan fingerprint density at radius 3 is 2.15 bits per heavy atom. The molecule has 0 aliphatic rings. The van der Waals surface area contributed by atoms with Gasteiger partial charge >= 0.3 is 0 Å². The molecule has 26 heavy (non-hydrogen) atoms. The Morgan fingerprint density at radius 1 is 1.00 bits per heavy atom. The first kappa shape index (κ1) is 18.2. The third kappa shape index (κ3) is 3.65. The van der Waals surface area contributed by atoms with E-state index in [0.29, 0.717) is 17.1 Å². The number of rotatable bonds is 5. The van der Waals surface area contributed by atoms with E-state index < -0.39 is 10.0 Å². The van der Waals surface area contributed by atoms with Gasteiger partial charge in [-0.25, -0.2) is 8.42 Å². The third-order valence-electron chi connectivity index (χ3n) is 4.68. The standard InChI is InChI=1S/C20H23N3O2S/c1-14-12-15(2)17(4)20(16(14)3)26(24,25)22-19-8-6-18(7-9-19)13-23-11-5-10-21-23/h5-12,22H,13H2,1-4H3. The normalized spacial score (nSPS) is 11.5. The molecule has 0 radical (unpaired) electrons. The predicted molar refractivity (Wildman–Crippen MR) is 104 cm³/mol. The molecular formula is C20H23N3O2S. The second kappa shape index (κ2) is 6.96. The zero-order chi connectivity index (χ0) is 18.9. The average molecular weight is 369 g/mol. The van der Waals surface area contributed by atoms with Gasteiger partial charge < -0.3 is 0 Å². The van der Waals surface area contributed by atoms with Gasteiger partial charge in [0.05, 0.1) is 11.4 Å². The SMILES string of the molecule is Cc1cc(C)c(C)c(S(=O)(=O)Nc2ccc(Cn3cccn3)cc2)c1C. The fraction of sp³-hybridized carbons (Fsp3) is 0.250. The number of benzene rings is 2. The molecule has 0 atom stereocenters. The van der Waals surface area contributed by atoms with E-state index in [0.717, 1.165) is 27.8 Å². The second-order valence-electron chi connectivity index (χ2n) is 6.60. The van der Waals surface area contributed by atoms with Crippen LogP contribution < -0.4 is 4.72 Å². The lowest BCUT2D eigenvalue weighted by Crippen LogP contribution is -2.17. The molecule has 3 rings (SSSR count). The van der Waals surface area contributed by atoms with Crippen molar-refractivity contribution in [3.63, 3.8) is 0 Å². The van der Waals surface area contributed by atoms with Gasteiger partial charge in [0.15, 0.2) is 0 Å². The molecule has 0 aliphatic carbocycles. The monoisotopic (exact) mass is 369 g/mol. The molecule has 0 unspecified atom stereocenters. The van der Waals surface area contributed by atoms with Gasteiger partial charge in [-0.15, -0.1) is 0 Å². The van der Waals surface area contributed by atoms with Gasteiger partial charge in [-0.1, -0.05) is 18.2 Å². The van der Waals surface area contributed by atoms with E-state index in [4.69, 9.17) is 0 Å². The molecule has 136 valence electrons. The highest BCUT2D eigenvalue weighted by atomic mass is 32.2. The zero-order valence-corrected chi connectivity index (χ0v) is 16.3. The van der Waals surface area contributed by atoms with Crippen LogP contribution in [0.2, 0.25) is 0 Å². The fourth-order valence-corrected chi connectivity index (χ4v) is 4.73. The van der Waals surface area contributed by atoms with Crippen molar-refractivity contribution in [2.75, 3.05) is 4.72 Å². The van der Waals surface area contributed by atoms with Gasteiger partial charge in [0.1, 0.15) is 0 Å². The highest BCUT2D eigenvalue weighted by Gasteiger charge is 2.22. The zero-order valence-electron chi connectivity index (χ0n) is 15.4. The Balaban J connectivity index is 1.86. The molecule has 0 amide bonds. The summed E-state index contributed by atoms with van der Waals surface area (Å²) >= 11 is 0. The highest BCUT2D eigenvalue weighted by molar-refractivity contribution is 7.92. The van der Waals surface area contributed by atoms with Crippen molar-refractivity contribution in [2.24, 2.45) is 0 Å². The lowest BCUT2D eigenvalue weighted by Gasteiger charge is -2.17. The van der Waals surface area contributed by atoms with Crippen molar-refractivity contribution in [1.29, 1.82) is 0 Å². The van der Waals surface area contributed by atoms with Crippen molar-refractivity contribution in [3.05, 3.63) is 76.6 Å². The maximum absolute atomic E-state index is 13.0. The Labute approximate surface area is 154 Å². The number of anilines is 1. The van der Waals surface area contributed by atoms with Crippen molar-refractivity contribution < 1.29 is 8.42 Å². The van der Waals surface area contributed by atoms with Gasteiger partial charge in [-0.3, -0.25) is 9.40 Å². The van der Waals surface area contributed by atoms with Crippen LogP contribution in [0.25, 0.3) is 0 Å². The summed E-state index contributed by atoms with van der Waals surface area (Å²) in [5, 5.41) is 4.17. The third-order valence-corrected chi connectivity index (χ3v) is 6.33. The molecule has 0 spiro atoms. The Bertz CT molecular complexity index is 996. The molecule has 1 N–H and O–H groups in total. The van der Waals surface area contributed by atoms with Crippen molar-refractivity contribution in [1.82, 2.24) is 9.78 Å². The van der Waals surface area contributed by atoms with Crippen LogP contribution in [-0.4, -0.2) is 18.2 Å². The first-order chi connectivity index (χ1) is 12.3. The summed E-state index contributed by atoms with van der Waals surface area (Å²) in [6, 6.07) is 11.3. The van der Waals surface area contributed by atoms with E-state index in [-0.39, 0.29) is 0 Å². The molecule has 1 aromatic heterocycles. The molecule has 6 heteroatoms. The van der Waals surface area contributed by atoms with Crippen LogP contribution in [0, 0.1) is 27.7 Å². The van der Waals surface area contributed by atoms with E-state index >= 15 is 0 Å². The van der Waals surface area contributed by atoms with Crippen LogP contribution in [-0.2, 0) is 16.6 Å². The summed E-state index contributed by atoms with van der Waals surface area (Å²) in [7, 11) is -3.65. The van der Waals surface area contributed by atoms with Crippen LogP contribution in [0.5, 0.6) is 0 Å². The molecular weight excluding hydrogens is 346 g/mol. The number of hydrogen-bond donors (Lipinski definition) is 1. The largest absolute Gasteiger partial charge is 0.280 e. The summed E-state index contributed by atoms with van der Waals surface area (Å²) in [6.07, 6.45) is 3.62. The van der Waals surface area contributed by atoms with Gasteiger partial charge in [0, 0.05) is 18.1 Å². The minimum absolute atomic E-state index is 0.371. The smallest absolute Gasteiger partial charge is 0.262 e.